The van der Waals surface area contributed by atoms with Crippen LogP contribution in [0.1, 0.15) is 39.2 Å². The van der Waals surface area contributed by atoms with Crippen LogP contribution in [0.15, 0.2) is 30.3 Å². The molecule has 1 aliphatic heterocycles. The molecule has 1 aliphatic rings. The van der Waals surface area contributed by atoms with Crippen LogP contribution in [0.2, 0.25) is 0 Å². The van der Waals surface area contributed by atoms with E-state index < -0.39 is 0 Å². The molecule has 1 N–H and O–H groups in total. The van der Waals surface area contributed by atoms with Gasteiger partial charge in [-0.05, 0) is 52.3 Å². The molecule has 0 saturated carbocycles. The van der Waals surface area contributed by atoms with Gasteiger partial charge < -0.3 is 15.0 Å². The van der Waals surface area contributed by atoms with Gasteiger partial charge in [-0.1, -0.05) is 30.3 Å². The average molecular weight is 290 g/mol. The molecule has 1 aromatic rings. The van der Waals surface area contributed by atoms with Crippen LogP contribution in [0.3, 0.4) is 0 Å². The number of nitrogens with zero attached hydrogens (tertiary/aromatic N) is 1. The van der Waals surface area contributed by atoms with Gasteiger partial charge in [-0.2, -0.15) is 0 Å². The van der Waals surface area contributed by atoms with Crippen LogP contribution >= 0.6 is 0 Å². The Morgan fingerprint density at radius 2 is 2.00 bits per heavy atom. The highest BCUT2D eigenvalue weighted by Crippen LogP contribution is 2.25. The normalized spacial score (nSPS) is 24.8. The average Bonchev–Trinajstić information content (AvgIpc) is 2.69. The fourth-order valence-electron chi connectivity index (χ4n) is 2.97. The Morgan fingerprint density at radius 1 is 1.29 bits per heavy atom. The molecule has 0 amide bonds. The minimum absolute atomic E-state index is 0.0367. The van der Waals surface area contributed by atoms with Crippen LogP contribution in [0.25, 0.3) is 0 Å². The summed E-state index contributed by atoms with van der Waals surface area (Å²) in [5.74, 6) is 0. The van der Waals surface area contributed by atoms with E-state index in [1.807, 2.05) is 0 Å². The molecule has 1 heterocycles. The van der Waals surface area contributed by atoms with E-state index in [9.17, 15) is 0 Å². The van der Waals surface area contributed by atoms with Crippen molar-refractivity contribution in [2.45, 2.75) is 44.8 Å². The number of hydrogen-bond acceptors (Lipinski definition) is 3. The Bertz CT molecular complexity index is 432. The number of rotatable bonds is 5. The van der Waals surface area contributed by atoms with Crippen molar-refractivity contribution in [1.29, 1.82) is 0 Å². The Hall–Kier alpha value is -0.900. The van der Waals surface area contributed by atoms with Crippen LogP contribution in [0, 0.1) is 0 Å². The fourth-order valence-corrected chi connectivity index (χ4v) is 2.97. The lowest BCUT2D eigenvalue weighted by Crippen LogP contribution is -2.47. The van der Waals surface area contributed by atoms with Crippen molar-refractivity contribution < 1.29 is 4.74 Å². The first-order chi connectivity index (χ1) is 9.95. The Morgan fingerprint density at radius 3 is 2.67 bits per heavy atom. The number of ether oxygens (including phenoxy) is 1. The largest absolute Gasteiger partial charge is 0.379 e. The molecule has 1 aromatic carbocycles. The Kier molecular flexibility index (Phi) is 5.42. The summed E-state index contributed by atoms with van der Waals surface area (Å²) >= 11 is 0. The van der Waals surface area contributed by atoms with Crippen LogP contribution in [0.5, 0.6) is 0 Å². The summed E-state index contributed by atoms with van der Waals surface area (Å²) in [6.45, 7) is 11.0. The van der Waals surface area contributed by atoms with E-state index in [-0.39, 0.29) is 11.1 Å². The molecule has 1 atom stereocenters. The first-order valence-corrected chi connectivity index (χ1v) is 8.03. The summed E-state index contributed by atoms with van der Waals surface area (Å²) in [4.78, 5) is 2.58. The van der Waals surface area contributed by atoms with Gasteiger partial charge in [0.15, 0.2) is 0 Å². The van der Waals surface area contributed by atoms with Crippen molar-refractivity contribution in [2.75, 3.05) is 33.3 Å². The van der Waals surface area contributed by atoms with E-state index in [0.29, 0.717) is 0 Å². The Balaban J connectivity index is 2.04. The third-order valence-electron chi connectivity index (χ3n) is 4.70. The molecule has 2 rings (SSSR count). The monoisotopic (exact) mass is 290 g/mol. The topological polar surface area (TPSA) is 24.5 Å². The third kappa shape index (κ3) is 4.53. The van der Waals surface area contributed by atoms with Crippen molar-refractivity contribution in [1.82, 2.24) is 10.2 Å². The molecular weight excluding hydrogens is 260 g/mol. The van der Waals surface area contributed by atoms with Gasteiger partial charge >= 0.3 is 0 Å². The van der Waals surface area contributed by atoms with Gasteiger partial charge in [0.05, 0.1) is 11.1 Å². The fraction of sp³-hybridized carbons (Fsp3) is 0.667. The van der Waals surface area contributed by atoms with Crippen LogP contribution in [-0.4, -0.2) is 43.8 Å². The van der Waals surface area contributed by atoms with E-state index in [0.717, 1.165) is 32.6 Å². The van der Waals surface area contributed by atoms with E-state index in [4.69, 9.17) is 4.74 Å². The van der Waals surface area contributed by atoms with E-state index in [1.165, 1.54) is 12.0 Å². The molecule has 3 heteroatoms. The molecule has 118 valence electrons. The molecular formula is C18H30N2O. The second-order valence-electron chi connectivity index (χ2n) is 6.97. The molecule has 0 aliphatic carbocycles. The third-order valence-corrected chi connectivity index (χ3v) is 4.70. The molecule has 0 bridgehead atoms. The quantitative estimate of drug-likeness (QED) is 0.902. The molecule has 3 nitrogen and oxygen atoms in total. The molecule has 21 heavy (non-hydrogen) atoms. The zero-order valence-corrected chi connectivity index (χ0v) is 14.0. The van der Waals surface area contributed by atoms with Crippen molar-refractivity contribution >= 4 is 0 Å². The molecule has 0 aromatic heterocycles. The maximum atomic E-state index is 5.55. The van der Waals surface area contributed by atoms with Gasteiger partial charge in [0, 0.05) is 20.2 Å². The first kappa shape index (κ1) is 16.5. The molecule has 0 spiro atoms. The predicted octanol–water partition coefficient (Wildman–Crippen LogP) is 3.01. The standard InChI is InChI=1S/C18H30N2O/c1-17(2,21-4)11-14-20-13-8-12-19-18(3,15-20)16-9-6-5-7-10-16/h5-7,9-10,19H,8,11-15H2,1-4H3. The maximum absolute atomic E-state index is 5.55. The summed E-state index contributed by atoms with van der Waals surface area (Å²) in [7, 11) is 1.80. The predicted molar refractivity (Wildman–Crippen MR) is 88.6 cm³/mol. The summed E-state index contributed by atoms with van der Waals surface area (Å²) in [5.41, 5.74) is 1.38. The van der Waals surface area contributed by atoms with Crippen molar-refractivity contribution in [3.05, 3.63) is 35.9 Å². The summed E-state index contributed by atoms with van der Waals surface area (Å²) < 4.78 is 5.55. The van der Waals surface area contributed by atoms with E-state index >= 15 is 0 Å². The second kappa shape index (κ2) is 6.91. The lowest BCUT2D eigenvalue weighted by Gasteiger charge is -2.35. The number of hydrogen-bond donors (Lipinski definition) is 1. The summed E-state index contributed by atoms with van der Waals surface area (Å²) in [5, 5.41) is 3.74. The van der Waals surface area contributed by atoms with Gasteiger partial charge in [0.2, 0.25) is 0 Å². The maximum Gasteiger partial charge on any atom is 0.0634 e. The minimum Gasteiger partial charge on any atom is -0.379 e. The van der Waals surface area contributed by atoms with E-state index in [1.54, 1.807) is 7.11 Å². The van der Waals surface area contributed by atoms with Crippen molar-refractivity contribution in [3.8, 4) is 0 Å². The minimum atomic E-state index is -0.0388. The molecule has 1 saturated heterocycles. The van der Waals surface area contributed by atoms with Gasteiger partial charge in [-0.3, -0.25) is 0 Å². The van der Waals surface area contributed by atoms with Gasteiger partial charge in [0.1, 0.15) is 0 Å². The van der Waals surface area contributed by atoms with Gasteiger partial charge in [-0.25, -0.2) is 0 Å². The highest BCUT2D eigenvalue weighted by Gasteiger charge is 2.31. The highest BCUT2D eigenvalue weighted by atomic mass is 16.5. The second-order valence-corrected chi connectivity index (χ2v) is 6.97. The first-order valence-electron chi connectivity index (χ1n) is 8.03. The summed E-state index contributed by atoms with van der Waals surface area (Å²) in [6, 6.07) is 10.8. The van der Waals surface area contributed by atoms with Crippen LogP contribution in [0.4, 0.5) is 0 Å². The van der Waals surface area contributed by atoms with Gasteiger partial charge in [-0.15, -0.1) is 0 Å². The van der Waals surface area contributed by atoms with Crippen molar-refractivity contribution in [3.63, 3.8) is 0 Å². The zero-order valence-electron chi connectivity index (χ0n) is 14.0. The highest BCUT2D eigenvalue weighted by molar-refractivity contribution is 5.24. The molecule has 1 fully saturated rings. The van der Waals surface area contributed by atoms with Crippen LogP contribution < -0.4 is 5.32 Å². The number of benzene rings is 1. The molecule has 1 unspecified atom stereocenters. The summed E-state index contributed by atoms with van der Waals surface area (Å²) in [6.07, 6.45) is 2.27. The molecule has 0 radical (unpaired) electrons. The smallest absolute Gasteiger partial charge is 0.0634 e. The number of methoxy groups -OCH3 is 1. The zero-order chi connectivity index (χ0) is 15.3. The lowest BCUT2D eigenvalue weighted by molar-refractivity contribution is 0.00631. The van der Waals surface area contributed by atoms with Crippen LogP contribution in [-0.2, 0) is 10.3 Å². The SMILES string of the molecule is COC(C)(C)CCN1CCCNC(C)(c2ccccc2)C1. The lowest BCUT2D eigenvalue weighted by atomic mass is 9.91. The number of nitrogens with one attached hydrogen (secondary N) is 1. The Labute approximate surface area is 129 Å². The van der Waals surface area contributed by atoms with E-state index in [2.05, 4.69) is 61.3 Å². The van der Waals surface area contributed by atoms with Crippen molar-refractivity contribution in [2.24, 2.45) is 0 Å². The van der Waals surface area contributed by atoms with Gasteiger partial charge in [0.25, 0.3) is 0 Å².